The van der Waals surface area contributed by atoms with Gasteiger partial charge in [0.1, 0.15) is 0 Å². The molecule has 0 spiro atoms. The van der Waals surface area contributed by atoms with Crippen molar-refractivity contribution in [2.75, 3.05) is 5.32 Å². The molecule has 0 bridgehead atoms. The number of anilines is 1. The Hall–Kier alpha value is -2.66. The number of nitrogens with one attached hydrogen (secondary N) is 1. The summed E-state index contributed by atoms with van der Waals surface area (Å²) in [6, 6.07) is 14.8. The van der Waals surface area contributed by atoms with Crippen LogP contribution in [0, 0.1) is 0 Å². The van der Waals surface area contributed by atoms with E-state index in [-0.39, 0.29) is 5.91 Å². The van der Waals surface area contributed by atoms with E-state index in [1.807, 2.05) is 36.4 Å². The van der Waals surface area contributed by atoms with Crippen LogP contribution in [-0.4, -0.2) is 16.1 Å². The largest absolute Gasteiger partial charge is 0.423 e. The van der Waals surface area contributed by atoms with E-state index in [9.17, 15) is 4.79 Å². The first-order valence-electron chi connectivity index (χ1n) is 7.11. The molecule has 0 aliphatic carbocycles. The summed E-state index contributed by atoms with van der Waals surface area (Å²) >= 11 is 5.93. The van der Waals surface area contributed by atoms with Crippen molar-refractivity contribution < 1.29 is 9.21 Å². The molecule has 0 fully saturated rings. The topological polar surface area (TPSA) is 68.0 Å². The van der Waals surface area contributed by atoms with Crippen LogP contribution in [0.15, 0.2) is 59.3 Å². The van der Waals surface area contributed by atoms with E-state index in [0.29, 0.717) is 23.8 Å². The Morgan fingerprint density at radius 3 is 2.70 bits per heavy atom. The lowest BCUT2D eigenvalue weighted by Crippen LogP contribution is -2.12. The molecule has 1 N–H and O–H groups in total. The van der Waals surface area contributed by atoms with Crippen molar-refractivity contribution in [2.24, 2.45) is 0 Å². The number of carbonyl (C=O) groups excluding carboxylic acids is 1. The van der Waals surface area contributed by atoms with Gasteiger partial charge in [0.25, 0.3) is 0 Å². The summed E-state index contributed by atoms with van der Waals surface area (Å²) < 4.78 is 5.12. The lowest BCUT2D eigenvalue weighted by atomic mass is 10.1. The van der Waals surface area contributed by atoms with Gasteiger partial charge in [0, 0.05) is 22.7 Å². The Morgan fingerprint density at radius 1 is 1.17 bits per heavy atom. The molecule has 2 aromatic carbocycles. The highest BCUT2D eigenvalue weighted by Gasteiger charge is 2.06. The van der Waals surface area contributed by atoms with Crippen molar-refractivity contribution in [3.05, 3.63) is 65.5 Å². The first kappa shape index (κ1) is 15.2. The highest BCUT2D eigenvalue weighted by atomic mass is 35.5. The van der Waals surface area contributed by atoms with E-state index >= 15 is 0 Å². The molecule has 0 saturated heterocycles. The fourth-order valence-electron chi connectivity index (χ4n) is 2.17. The molecule has 0 aliphatic rings. The van der Waals surface area contributed by atoms with Crippen molar-refractivity contribution >= 4 is 23.2 Å². The molecule has 0 atom stereocenters. The van der Waals surface area contributed by atoms with Gasteiger partial charge in [0.2, 0.25) is 18.2 Å². The minimum absolute atomic E-state index is 0.0458. The van der Waals surface area contributed by atoms with Crippen LogP contribution in [0.4, 0.5) is 5.69 Å². The van der Waals surface area contributed by atoms with Gasteiger partial charge in [-0.15, -0.1) is 10.2 Å². The van der Waals surface area contributed by atoms with Gasteiger partial charge < -0.3 is 9.73 Å². The molecule has 3 rings (SSSR count). The molecule has 1 heterocycles. The molecule has 0 unspecified atom stereocenters. The number of nitrogens with zero attached hydrogens (tertiary/aromatic N) is 2. The second-order valence-electron chi connectivity index (χ2n) is 5.00. The average molecular weight is 328 g/mol. The summed E-state index contributed by atoms with van der Waals surface area (Å²) in [4.78, 5) is 12.0. The van der Waals surface area contributed by atoms with Crippen LogP contribution in [0.25, 0.3) is 11.5 Å². The third kappa shape index (κ3) is 4.17. The SMILES string of the molecule is O=C(CCc1cccc(Cl)c1)Nc1ccc(-c2nnco2)cc1. The first-order valence-corrected chi connectivity index (χ1v) is 7.49. The molecule has 1 amide bonds. The number of aryl methyl sites for hydroxylation is 1. The van der Waals surface area contributed by atoms with Gasteiger partial charge in [-0.1, -0.05) is 23.7 Å². The van der Waals surface area contributed by atoms with E-state index in [1.165, 1.54) is 6.39 Å². The van der Waals surface area contributed by atoms with Crippen molar-refractivity contribution in [1.82, 2.24) is 10.2 Å². The van der Waals surface area contributed by atoms with Crippen LogP contribution in [0.2, 0.25) is 5.02 Å². The molecule has 116 valence electrons. The molecular formula is C17H14ClN3O2. The summed E-state index contributed by atoms with van der Waals surface area (Å²) in [6.45, 7) is 0. The number of rotatable bonds is 5. The Labute approximate surface area is 138 Å². The summed E-state index contributed by atoms with van der Waals surface area (Å²) in [6.07, 6.45) is 2.32. The smallest absolute Gasteiger partial charge is 0.247 e. The number of hydrogen-bond acceptors (Lipinski definition) is 4. The Bertz CT molecular complexity index is 786. The van der Waals surface area contributed by atoms with Crippen LogP contribution in [-0.2, 0) is 11.2 Å². The summed E-state index contributed by atoms with van der Waals surface area (Å²) in [5.41, 5.74) is 2.57. The zero-order chi connectivity index (χ0) is 16.1. The molecule has 0 radical (unpaired) electrons. The molecular weight excluding hydrogens is 314 g/mol. The van der Waals surface area contributed by atoms with Crippen LogP contribution < -0.4 is 5.32 Å². The zero-order valence-corrected chi connectivity index (χ0v) is 13.0. The first-order chi connectivity index (χ1) is 11.2. The van der Waals surface area contributed by atoms with Crippen LogP contribution in [0.5, 0.6) is 0 Å². The van der Waals surface area contributed by atoms with E-state index in [2.05, 4.69) is 15.5 Å². The van der Waals surface area contributed by atoms with Gasteiger partial charge in [-0.05, 0) is 48.4 Å². The summed E-state index contributed by atoms with van der Waals surface area (Å²) in [5.74, 6) is 0.402. The molecule has 23 heavy (non-hydrogen) atoms. The van der Waals surface area contributed by atoms with E-state index in [1.54, 1.807) is 12.1 Å². The van der Waals surface area contributed by atoms with Gasteiger partial charge in [0.15, 0.2) is 0 Å². The van der Waals surface area contributed by atoms with Gasteiger partial charge in [-0.3, -0.25) is 4.79 Å². The minimum atomic E-state index is -0.0458. The molecule has 0 saturated carbocycles. The maximum absolute atomic E-state index is 12.0. The molecule has 5 nitrogen and oxygen atoms in total. The maximum Gasteiger partial charge on any atom is 0.247 e. The Balaban J connectivity index is 1.55. The van der Waals surface area contributed by atoms with Gasteiger partial charge in [0.05, 0.1) is 0 Å². The number of amides is 1. The number of benzene rings is 2. The molecule has 0 aliphatic heterocycles. The lowest BCUT2D eigenvalue weighted by Gasteiger charge is -2.06. The average Bonchev–Trinajstić information content (AvgIpc) is 3.08. The Kier molecular flexibility index (Phi) is 4.68. The van der Waals surface area contributed by atoms with Crippen molar-refractivity contribution in [2.45, 2.75) is 12.8 Å². The molecule has 6 heteroatoms. The third-order valence-corrected chi connectivity index (χ3v) is 3.54. The predicted octanol–water partition coefficient (Wildman–Crippen LogP) is 3.96. The van der Waals surface area contributed by atoms with Crippen LogP contribution >= 0.6 is 11.6 Å². The van der Waals surface area contributed by atoms with Gasteiger partial charge in [-0.2, -0.15) is 0 Å². The third-order valence-electron chi connectivity index (χ3n) is 3.31. The highest BCUT2D eigenvalue weighted by Crippen LogP contribution is 2.19. The lowest BCUT2D eigenvalue weighted by molar-refractivity contribution is -0.116. The zero-order valence-electron chi connectivity index (χ0n) is 12.2. The fraction of sp³-hybridized carbons (Fsp3) is 0.118. The van der Waals surface area contributed by atoms with Gasteiger partial charge in [-0.25, -0.2) is 0 Å². The van der Waals surface area contributed by atoms with E-state index < -0.39 is 0 Å². The van der Waals surface area contributed by atoms with Gasteiger partial charge >= 0.3 is 0 Å². The van der Waals surface area contributed by atoms with Crippen molar-refractivity contribution in [1.29, 1.82) is 0 Å². The monoisotopic (exact) mass is 327 g/mol. The number of carbonyl (C=O) groups is 1. The Morgan fingerprint density at radius 2 is 2.00 bits per heavy atom. The van der Waals surface area contributed by atoms with E-state index in [4.69, 9.17) is 16.0 Å². The fourth-order valence-corrected chi connectivity index (χ4v) is 2.38. The van der Waals surface area contributed by atoms with E-state index in [0.717, 1.165) is 16.8 Å². The predicted molar refractivity (Wildman–Crippen MR) is 88.1 cm³/mol. The number of hydrogen-bond donors (Lipinski definition) is 1. The quantitative estimate of drug-likeness (QED) is 0.770. The summed E-state index contributed by atoms with van der Waals surface area (Å²) in [7, 11) is 0. The maximum atomic E-state index is 12.0. The molecule has 3 aromatic rings. The van der Waals surface area contributed by atoms with Crippen LogP contribution in [0.1, 0.15) is 12.0 Å². The highest BCUT2D eigenvalue weighted by molar-refractivity contribution is 6.30. The van der Waals surface area contributed by atoms with Crippen LogP contribution in [0.3, 0.4) is 0 Å². The minimum Gasteiger partial charge on any atom is -0.423 e. The normalized spacial score (nSPS) is 10.5. The number of aromatic nitrogens is 2. The summed E-state index contributed by atoms with van der Waals surface area (Å²) in [5, 5.41) is 11.0. The van der Waals surface area contributed by atoms with Crippen molar-refractivity contribution in [3.63, 3.8) is 0 Å². The van der Waals surface area contributed by atoms with Crippen molar-refractivity contribution in [3.8, 4) is 11.5 Å². The molecule has 1 aromatic heterocycles. The number of halogens is 1. The standard InChI is InChI=1S/C17H14ClN3O2/c18-14-3-1-2-12(10-14)4-9-16(22)20-15-7-5-13(6-8-15)17-21-19-11-23-17/h1-3,5-8,10-11H,4,9H2,(H,20,22). The second kappa shape index (κ2) is 7.07. The second-order valence-corrected chi connectivity index (χ2v) is 5.44.